The lowest BCUT2D eigenvalue weighted by Gasteiger charge is -2.19. The van der Waals surface area contributed by atoms with Gasteiger partial charge in [0.05, 0.1) is 0 Å². The van der Waals surface area contributed by atoms with Crippen molar-refractivity contribution in [3.05, 3.63) is 35.9 Å². The molecule has 1 aromatic carbocycles. The minimum Gasteiger partial charge on any atom is -0.310 e. The van der Waals surface area contributed by atoms with Crippen molar-refractivity contribution in [2.24, 2.45) is 0 Å². The standard InChI is InChI=1S/C19H33N/c1-3-5-7-8-9-13-16-19(20-17-6-4-2)18-14-11-10-12-15-18/h10-12,14-15,19-20H,3-9,13,16-17H2,1-2H3. The van der Waals surface area contributed by atoms with Crippen LogP contribution in [0.15, 0.2) is 30.3 Å². The topological polar surface area (TPSA) is 12.0 Å². The lowest BCUT2D eigenvalue weighted by molar-refractivity contribution is 0.461. The molecule has 1 aromatic rings. The summed E-state index contributed by atoms with van der Waals surface area (Å²) in [6, 6.07) is 11.5. The minimum atomic E-state index is 0.550. The zero-order chi connectivity index (χ0) is 14.5. The molecule has 0 radical (unpaired) electrons. The van der Waals surface area contributed by atoms with Crippen LogP contribution in [0, 0.1) is 0 Å². The molecule has 0 heterocycles. The predicted molar refractivity (Wildman–Crippen MR) is 90.1 cm³/mol. The van der Waals surface area contributed by atoms with Crippen molar-refractivity contribution in [2.75, 3.05) is 6.54 Å². The van der Waals surface area contributed by atoms with Crippen LogP contribution in [0.2, 0.25) is 0 Å². The molecule has 0 bridgehead atoms. The van der Waals surface area contributed by atoms with Crippen LogP contribution in [-0.2, 0) is 0 Å². The van der Waals surface area contributed by atoms with Crippen LogP contribution in [0.3, 0.4) is 0 Å². The summed E-state index contributed by atoms with van der Waals surface area (Å²) in [6.45, 7) is 5.68. The molecule has 0 spiro atoms. The molecule has 1 atom stereocenters. The molecule has 0 aliphatic heterocycles. The van der Waals surface area contributed by atoms with Crippen LogP contribution in [0.4, 0.5) is 0 Å². The Labute approximate surface area is 126 Å². The van der Waals surface area contributed by atoms with E-state index in [0.29, 0.717) is 6.04 Å². The monoisotopic (exact) mass is 275 g/mol. The summed E-state index contributed by atoms with van der Waals surface area (Å²) in [5, 5.41) is 3.74. The number of nitrogens with one attached hydrogen (secondary N) is 1. The molecule has 0 saturated carbocycles. The highest BCUT2D eigenvalue weighted by molar-refractivity contribution is 5.18. The van der Waals surface area contributed by atoms with Crippen molar-refractivity contribution in [1.82, 2.24) is 5.32 Å². The van der Waals surface area contributed by atoms with Gasteiger partial charge in [-0.1, -0.05) is 89.1 Å². The molecule has 0 aromatic heterocycles. The maximum atomic E-state index is 3.74. The lowest BCUT2D eigenvalue weighted by Crippen LogP contribution is -2.22. The highest BCUT2D eigenvalue weighted by Crippen LogP contribution is 2.20. The Morgan fingerprint density at radius 1 is 0.800 bits per heavy atom. The molecule has 1 heteroatoms. The normalized spacial score (nSPS) is 12.5. The second-order valence-corrected chi connectivity index (χ2v) is 5.83. The molecule has 1 rings (SSSR count). The molecule has 1 nitrogen and oxygen atoms in total. The van der Waals surface area contributed by atoms with Gasteiger partial charge in [-0.2, -0.15) is 0 Å². The van der Waals surface area contributed by atoms with Crippen LogP contribution < -0.4 is 5.32 Å². The van der Waals surface area contributed by atoms with E-state index >= 15 is 0 Å². The summed E-state index contributed by atoms with van der Waals surface area (Å²) in [7, 11) is 0. The fourth-order valence-corrected chi connectivity index (χ4v) is 2.65. The summed E-state index contributed by atoms with van der Waals surface area (Å²) in [4.78, 5) is 0. The Morgan fingerprint density at radius 3 is 2.15 bits per heavy atom. The molecule has 0 aliphatic rings. The van der Waals surface area contributed by atoms with Gasteiger partial charge in [0, 0.05) is 6.04 Å². The first-order valence-corrected chi connectivity index (χ1v) is 8.66. The van der Waals surface area contributed by atoms with Gasteiger partial charge in [-0.25, -0.2) is 0 Å². The number of unbranched alkanes of at least 4 members (excludes halogenated alkanes) is 6. The quantitative estimate of drug-likeness (QED) is 0.470. The maximum absolute atomic E-state index is 3.74. The van der Waals surface area contributed by atoms with Gasteiger partial charge in [0.1, 0.15) is 0 Å². The second kappa shape index (κ2) is 12.0. The van der Waals surface area contributed by atoms with Crippen molar-refractivity contribution in [3.8, 4) is 0 Å². The average molecular weight is 275 g/mol. The van der Waals surface area contributed by atoms with E-state index < -0.39 is 0 Å². The van der Waals surface area contributed by atoms with Crippen molar-refractivity contribution < 1.29 is 0 Å². The van der Waals surface area contributed by atoms with Crippen molar-refractivity contribution in [2.45, 2.75) is 77.7 Å². The van der Waals surface area contributed by atoms with Crippen LogP contribution in [0.1, 0.15) is 83.2 Å². The average Bonchev–Trinajstić information content (AvgIpc) is 2.50. The Bertz CT molecular complexity index is 307. The van der Waals surface area contributed by atoms with Crippen LogP contribution in [-0.4, -0.2) is 6.54 Å². The molecule has 0 saturated heterocycles. The zero-order valence-electron chi connectivity index (χ0n) is 13.5. The van der Waals surface area contributed by atoms with E-state index in [4.69, 9.17) is 0 Å². The van der Waals surface area contributed by atoms with Crippen LogP contribution in [0.5, 0.6) is 0 Å². The van der Waals surface area contributed by atoms with Crippen molar-refractivity contribution in [3.63, 3.8) is 0 Å². The Kier molecular flexibility index (Phi) is 10.3. The van der Waals surface area contributed by atoms with Gasteiger partial charge in [0.2, 0.25) is 0 Å². The zero-order valence-corrected chi connectivity index (χ0v) is 13.5. The third-order valence-electron chi connectivity index (χ3n) is 3.97. The third kappa shape index (κ3) is 7.69. The molecule has 0 aliphatic carbocycles. The van der Waals surface area contributed by atoms with Gasteiger partial charge in [-0.05, 0) is 24.9 Å². The molecular weight excluding hydrogens is 242 g/mol. The molecule has 20 heavy (non-hydrogen) atoms. The largest absolute Gasteiger partial charge is 0.310 e. The van der Waals surface area contributed by atoms with E-state index in [0.717, 1.165) is 6.54 Å². The van der Waals surface area contributed by atoms with Gasteiger partial charge in [-0.3, -0.25) is 0 Å². The maximum Gasteiger partial charge on any atom is 0.0320 e. The summed E-state index contributed by atoms with van der Waals surface area (Å²) >= 11 is 0. The first-order chi connectivity index (χ1) is 9.88. The summed E-state index contributed by atoms with van der Waals surface area (Å²) in [6.07, 6.45) is 12.1. The summed E-state index contributed by atoms with van der Waals surface area (Å²) in [5.41, 5.74) is 1.46. The first kappa shape index (κ1) is 17.2. The highest BCUT2D eigenvalue weighted by Gasteiger charge is 2.09. The fourth-order valence-electron chi connectivity index (χ4n) is 2.65. The van der Waals surface area contributed by atoms with Crippen molar-refractivity contribution >= 4 is 0 Å². The SMILES string of the molecule is CCCCCCCCC(NCCCC)c1ccccc1. The summed E-state index contributed by atoms with van der Waals surface area (Å²) in [5.74, 6) is 0. The van der Waals surface area contributed by atoms with E-state index in [9.17, 15) is 0 Å². The lowest BCUT2D eigenvalue weighted by atomic mass is 9.99. The number of benzene rings is 1. The van der Waals surface area contributed by atoms with E-state index in [-0.39, 0.29) is 0 Å². The molecule has 0 fully saturated rings. The Balaban J connectivity index is 2.31. The number of hydrogen-bond acceptors (Lipinski definition) is 1. The number of hydrogen-bond donors (Lipinski definition) is 1. The van der Waals surface area contributed by atoms with E-state index in [2.05, 4.69) is 49.5 Å². The Morgan fingerprint density at radius 2 is 1.45 bits per heavy atom. The van der Waals surface area contributed by atoms with Gasteiger partial charge < -0.3 is 5.32 Å². The van der Waals surface area contributed by atoms with Crippen LogP contribution in [0.25, 0.3) is 0 Å². The first-order valence-electron chi connectivity index (χ1n) is 8.66. The summed E-state index contributed by atoms with van der Waals surface area (Å²) < 4.78 is 0. The molecular formula is C19H33N. The van der Waals surface area contributed by atoms with Gasteiger partial charge >= 0.3 is 0 Å². The van der Waals surface area contributed by atoms with Crippen molar-refractivity contribution in [1.29, 1.82) is 0 Å². The second-order valence-electron chi connectivity index (χ2n) is 5.83. The van der Waals surface area contributed by atoms with Gasteiger partial charge in [0.15, 0.2) is 0 Å². The molecule has 1 N–H and O–H groups in total. The van der Waals surface area contributed by atoms with Crippen LogP contribution >= 0.6 is 0 Å². The molecule has 114 valence electrons. The predicted octanol–water partition coefficient (Wildman–Crippen LogP) is 5.87. The Hall–Kier alpha value is -0.820. The van der Waals surface area contributed by atoms with E-state index in [1.807, 2.05) is 0 Å². The molecule has 1 unspecified atom stereocenters. The van der Waals surface area contributed by atoms with E-state index in [1.165, 1.54) is 63.4 Å². The van der Waals surface area contributed by atoms with Gasteiger partial charge in [0.25, 0.3) is 0 Å². The minimum absolute atomic E-state index is 0.550. The van der Waals surface area contributed by atoms with E-state index in [1.54, 1.807) is 0 Å². The fraction of sp³-hybridized carbons (Fsp3) is 0.684. The molecule has 0 amide bonds. The smallest absolute Gasteiger partial charge is 0.0320 e. The van der Waals surface area contributed by atoms with Gasteiger partial charge in [-0.15, -0.1) is 0 Å². The third-order valence-corrected chi connectivity index (χ3v) is 3.97. The highest BCUT2D eigenvalue weighted by atomic mass is 14.9. The number of rotatable bonds is 12.